The molecule has 0 aromatic carbocycles. The van der Waals surface area contributed by atoms with Crippen LogP contribution >= 0.6 is 11.3 Å². The lowest BCUT2D eigenvalue weighted by atomic mass is 10.3. The smallest absolute Gasteiger partial charge is 0.276 e. The van der Waals surface area contributed by atoms with E-state index in [0.717, 1.165) is 4.88 Å². The zero-order valence-corrected chi connectivity index (χ0v) is 12.1. The number of thiophene rings is 1. The summed E-state index contributed by atoms with van der Waals surface area (Å²) in [4.78, 5) is 11.5. The highest BCUT2D eigenvalue weighted by Crippen LogP contribution is 2.28. The number of carbonyl (C=O) groups is 1. The molecule has 1 unspecified atom stereocenters. The molecule has 2 heterocycles. The average molecular weight is 299 g/mol. The summed E-state index contributed by atoms with van der Waals surface area (Å²) in [7, 11) is -2.25. The lowest BCUT2D eigenvalue weighted by Crippen LogP contribution is -2.29. The van der Waals surface area contributed by atoms with E-state index in [2.05, 4.69) is 0 Å². The van der Waals surface area contributed by atoms with Crippen LogP contribution in [0.5, 0.6) is 0 Å². The van der Waals surface area contributed by atoms with Crippen LogP contribution in [0.25, 0.3) is 0 Å². The molecule has 5 nitrogen and oxygen atoms in total. The van der Waals surface area contributed by atoms with Gasteiger partial charge >= 0.3 is 0 Å². The second kappa shape index (κ2) is 5.28. The summed E-state index contributed by atoms with van der Waals surface area (Å²) in [5, 5.41) is 1.67. The minimum atomic E-state index is -3.74. The van der Waals surface area contributed by atoms with Crippen molar-refractivity contribution in [3.8, 4) is 0 Å². The highest BCUT2D eigenvalue weighted by atomic mass is 32.2. The number of furan rings is 1. The first-order valence-corrected chi connectivity index (χ1v) is 7.85. The van der Waals surface area contributed by atoms with E-state index in [1.165, 1.54) is 34.8 Å². The molecule has 0 aliphatic heterocycles. The summed E-state index contributed by atoms with van der Waals surface area (Å²) in [6.45, 7) is 1.80. The van der Waals surface area contributed by atoms with Crippen LogP contribution < -0.4 is 0 Å². The molecule has 0 aliphatic rings. The van der Waals surface area contributed by atoms with E-state index in [1.807, 2.05) is 17.5 Å². The van der Waals surface area contributed by atoms with Crippen molar-refractivity contribution < 1.29 is 17.6 Å². The molecule has 0 spiro atoms. The molecule has 19 heavy (non-hydrogen) atoms. The Morgan fingerprint density at radius 2 is 2.11 bits per heavy atom. The molecule has 0 amide bonds. The summed E-state index contributed by atoms with van der Waals surface area (Å²) >= 11 is 1.49. The maximum absolute atomic E-state index is 12.3. The Kier molecular flexibility index (Phi) is 3.88. The molecule has 2 aromatic rings. The van der Waals surface area contributed by atoms with Crippen molar-refractivity contribution in [2.24, 2.45) is 0 Å². The highest BCUT2D eigenvalue weighted by molar-refractivity contribution is 7.89. The van der Waals surface area contributed by atoms with E-state index in [4.69, 9.17) is 4.42 Å². The Morgan fingerprint density at radius 3 is 2.63 bits per heavy atom. The van der Waals surface area contributed by atoms with Crippen LogP contribution in [-0.4, -0.2) is 26.1 Å². The number of rotatable bonds is 5. The minimum absolute atomic E-state index is 0.00393. The summed E-state index contributed by atoms with van der Waals surface area (Å²) < 4.78 is 30.9. The molecule has 102 valence electrons. The first kappa shape index (κ1) is 14.0. The first-order valence-electron chi connectivity index (χ1n) is 5.53. The van der Waals surface area contributed by atoms with Gasteiger partial charge in [-0.05, 0) is 30.5 Å². The molecule has 0 aliphatic carbocycles. The third-order valence-electron chi connectivity index (χ3n) is 2.85. The predicted molar refractivity (Wildman–Crippen MR) is 71.8 cm³/mol. The number of carbonyl (C=O) groups excluding carboxylic acids is 1. The second-order valence-electron chi connectivity index (χ2n) is 3.99. The lowest BCUT2D eigenvalue weighted by Gasteiger charge is -2.22. The molecule has 0 saturated carbocycles. The van der Waals surface area contributed by atoms with E-state index in [9.17, 15) is 13.2 Å². The van der Waals surface area contributed by atoms with Crippen molar-refractivity contribution in [2.75, 3.05) is 7.05 Å². The largest absolute Gasteiger partial charge is 0.440 e. The zero-order chi connectivity index (χ0) is 14.0. The van der Waals surface area contributed by atoms with Gasteiger partial charge in [-0.15, -0.1) is 11.3 Å². The summed E-state index contributed by atoms with van der Waals surface area (Å²) in [6, 6.07) is 6.07. The van der Waals surface area contributed by atoms with Crippen molar-refractivity contribution in [3.63, 3.8) is 0 Å². The van der Waals surface area contributed by atoms with Crippen LogP contribution in [0.4, 0.5) is 0 Å². The number of nitrogens with zero attached hydrogens (tertiary/aromatic N) is 1. The standard InChI is InChI=1S/C12H13NO4S2/c1-9(11-4-3-7-18-11)13(2)19(15,16)12-6-5-10(8-14)17-12/h3-9H,1-2H3. The zero-order valence-electron chi connectivity index (χ0n) is 10.4. The van der Waals surface area contributed by atoms with Crippen molar-refractivity contribution in [1.82, 2.24) is 4.31 Å². The fraction of sp³-hybridized carbons (Fsp3) is 0.250. The monoisotopic (exact) mass is 299 g/mol. The van der Waals surface area contributed by atoms with Gasteiger partial charge in [-0.2, -0.15) is 4.31 Å². The maximum atomic E-state index is 12.3. The third kappa shape index (κ3) is 2.63. The molecule has 0 fully saturated rings. The van der Waals surface area contributed by atoms with Crippen molar-refractivity contribution in [3.05, 3.63) is 40.3 Å². The SMILES string of the molecule is CC(c1cccs1)N(C)S(=O)(=O)c1ccc(C=O)o1. The van der Waals surface area contributed by atoms with E-state index < -0.39 is 10.0 Å². The Bertz CT molecular complexity index is 658. The molecule has 7 heteroatoms. The molecule has 0 bridgehead atoms. The molecular weight excluding hydrogens is 286 g/mol. The van der Waals surface area contributed by atoms with Crippen molar-refractivity contribution >= 4 is 27.6 Å². The average Bonchev–Trinajstić information content (AvgIpc) is 3.07. The first-order chi connectivity index (χ1) is 8.96. The normalized spacial score (nSPS) is 13.6. The van der Waals surface area contributed by atoms with E-state index in [0.29, 0.717) is 6.29 Å². The Hall–Kier alpha value is -1.44. The van der Waals surface area contributed by atoms with Gasteiger partial charge in [0.15, 0.2) is 12.0 Å². The molecule has 2 aromatic heterocycles. The van der Waals surface area contributed by atoms with Crippen LogP contribution in [0, 0.1) is 0 Å². The quantitative estimate of drug-likeness (QED) is 0.796. The fourth-order valence-electron chi connectivity index (χ4n) is 1.59. The van der Waals surface area contributed by atoms with Gasteiger partial charge in [-0.3, -0.25) is 4.79 Å². The van der Waals surface area contributed by atoms with Crippen LogP contribution in [-0.2, 0) is 10.0 Å². The topological polar surface area (TPSA) is 67.6 Å². The number of hydrogen-bond acceptors (Lipinski definition) is 5. The Balaban J connectivity index is 2.31. The van der Waals surface area contributed by atoms with Crippen molar-refractivity contribution in [2.45, 2.75) is 18.1 Å². The number of sulfonamides is 1. The van der Waals surface area contributed by atoms with Gasteiger partial charge in [-0.25, -0.2) is 8.42 Å². The van der Waals surface area contributed by atoms with Crippen LogP contribution in [0.3, 0.4) is 0 Å². The molecule has 0 radical (unpaired) electrons. The lowest BCUT2D eigenvalue weighted by molar-refractivity contribution is 0.109. The summed E-state index contributed by atoms with van der Waals surface area (Å²) in [5.41, 5.74) is 0. The van der Waals surface area contributed by atoms with Gasteiger partial charge in [-0.1, -0.05) is 6.07 Å². The predicted octanol–water partition coefficient (Wildman–Crippen LogP) is 2.54. The van der Waals surface area contributed by atoms with Gasteiger partial charge in [0.05, 0.1) is 6.04 Å². The van der Waals surface area contributed by atoms with Gasteiger partial charge in [0.1, 0.15) is 0 Å². The van der Waals surface area contributed by atoms with E-state index >= 15 is 0 Å². The van der Waals surface area contributed by atoms with Gasteiger partial charge in [0.25, 0.3) is 10.0 Å². The van der Waals surface area contributed by atoms with Crippen LogP contribution in [0.2, 0.25) is 0 Å². The number of hydrogen-bond donors (Lipinski definition) is 0. The van der Waals surface area contributed by atoms with Gasteiger partial charge in [0.2, 0.25) is 5.09 Å². The van der Waals surface area contributed by atoms with E-state index in [1.54, 1.807) is 6.92 Å². The minimum Gasteiger partial charge on any atom is -0.440 e. The molecule has 2 rings (SSSR count). The third-order valence-corrected chi connectivity index (χ3v) is 5.70. The Morgan fingerprint density at radius 1 is 1.37 bits per heavy atom. The maximum Gasteiger partial charge on any atom is 0.276 e. The second-order valence-corrected chi connectivity index (χ2v) is 6.90. The van der Waals surface area contributed by atoms with E-state index in [-0.39, 0.29) is 16.9 Å². The summed E-state index contributed by atoms with van der Waals surface area (Å²) in [5.74, 6) is -0.00393. The molecule has 1 atom stereocenters. The molecule has 0 saturated heterocycles. The van der Waals surface area contributed by atoms with Gasteiger partial charge in [0, 0.05) is 11.9 Å². The molecular formula is C12H13NO4S2. The summed E-state index contributed by atoms with van der Waals surface area (Å²) in [6.07, 6.45) is 0.474. The van der Waals surface area contributed by atoms with Crippen LogP contribution in [0.1, 0.15) is 28.4 Å². The Labute approximate surface area is 115 Å². The fourth-order valence-corrected chi connectivity index (χ4v) is 3.74. The van der Waals surface area contributed by atoms with Crippen LogP contribution in [0.15, 0.2) is 39.2 Å². The molecule has 0 N–H and O–H groups in total. The van der Waals surface area contributed by atoms with Gasteiger partial charge < -0.3 is 4.42 Å². The highest BCUT2D eigenvalue weighted by Gasteiger charge is 2.29. The van der Waals surface area contributed by atoms with Crippen molar-refractivity contribution in [1.29, 1.82) is 0 Å². The number of aldehydes is 1.